The lowest BCUT2D eigenvalue weighted by atomic mass is 10.00. The van der Waals surface area contributed by atoms with Crippen molar-refractivity contribution < 1.29 is 9.90 Å². The van der Waals surface area contributed by atoms with E-state index < -0.39 is 6.23 Å². The zero-order chi connectivity index (χ0) is 19.8. The van der Waals surface area contributed by atoms with Gasteiger partial charge in [-0.25, -0.2) is 4.98 Å². The molecule has 0 saturated carbocycles. The summed E-state index contributed by atoms with van der Waals surface area (Å²) in [5.41, 5.74) is 4.24. The Morgan fingerprint density at radius 1 is 1.00 bits per heavy atom. The highest BCUT2D eigenvalue weighted by atomic mass is 32.2. The molecule has 2 unspecified atom stereocenters. The normalized spacial score (nSPS) is 18.9. The molecule has 29 heavy (non-hydrogen) atoms. The van der Waals surface area contributed by atoms with E-state index in [-0.39, 0.29) is 10.5 Å². The zero-order valence-corrected chi connectivity index (χ0v) is 17.0. The predicted molar refractivity (Wildman–Crippen MR) is 120 cm³/mol. The Morgan fingerprint density at radius 2 is 1.79 bits per heavy atom. The molecule has 5 rings (SSSR count). The van der Waals surface area contributed by atoms with E-state index in [2.05, 4.69) is 41.7 Å². The number of carbonyl (C=O) groups excluding carboxylic acids is 1. The van der Waals surface area contributed by atoms with E-state index in [0.29, 0.717) is 6.42 Å². The van der Waals surface area contributed by atoms with E-state index in [0.717, 1.165) is 31.9 Å². The molecule has 0 radical (unpaired) electrons. The maximum atomic E-state index is 11.5. The standard InChI is InChI=1S/C23H18N2O2S2/c26-22-21(29-23(27)25-22)12-15-10-11-20(28-15)19-13-17(14-6-2-1-3-7-14)16-8-4-5-9-18(16)24-19/h1-11,13,21-22,26H,12H2,(H,25,27). The van der Waals surface area contributed by atoms with Gasteiger partial charge in [0.15, 0.2) is 0 Å². The first-order chi connectivity index (χ1) is 14.2. The predicted octanol–water partition coefficient (Wildman–Crippen LogP) is 5.32. The molecule has 0 spiro atoms. The van der Waals surface area contributed by atoms with Crippen LogP contribution in [0.1, 0.15) is 4.88 Å². The van der Waals surface area contributed by atoms with E-state index in [1.807, 2.05) is 36.4 Å². The van der Waals surface area contributed by atoms with Gasteiger partial charge in [-0.3, -0.25) is 4.79 Å². The van der Waals surface area contributed by atoms with Crippen molar-refractivity contribution in [1.29, 1.82) is 0 Å². The molecule has 1 aliphatic rings. The first-order valence-corrected chi connectivity index (χ1v) is 11.1. The number of aromatic nitrogens is 1. The van der Waals surface area contributed by atoms with Crippen LogP contribution in [0.3, 0.4) is 0 Å². The molecule has 0 bridgehead atoms. The third-order valence-corrected chi connectivity index (χ3v) is 7.18. The number of benzene rings is 2. The maximum Gasteiger partial charge on any atom is 0.281 e. The number of aliphatic hydroxyl groups excluding tert-OH is 1. The van der Waals surface area contributed by atoms with Crippen molar-refractivity contribution in [3.8, 4) is 21.7 Å². The van der Waals surface area contributed by atoms with Gasteiger partial charge in [-0.05, 0) is 41.8 Å². The van der Waals surface area contributed by atoms with Crippen LogP contribution in [0.4, 0.5) is 4.79 Å². The molecule has 1 saturated heterocycles. The lowest BCUT2D eigenvalue weighted by Crippen LogP contribution is -2.31. The molecular formula is C23H18N2O2S2. The highest BCUT2D eigenvalue weighted by Crippen LogP contribution is 2.36. The van der Waals surface area contributed by atoms with Crippen LogP contribution >= 0.6 is 23.1 Å². The minimum Gasteiger partial charge on any atom is -0.372 e. The summed E-state index contributed by atoms with van der Waals surface area (Å²) in [5.74, 6) is 0. The average molecular weight is 419 g/mol. The number of aliphatic hydroxyl groups is 1. The van der Waals surface area contributed by atoms with Gasteiger partial charge in [-0.1, -0.05) is 60.3 Å². The molecule has 2 aromatic heterocycles. The van der Waals surface area contributed by atoms with Crippen molar-refractivity contribution in [1.82, 2.24) is 10.3 Å². The SMILES string of the molecule is O=C1NC(O)C(Cc2ccc(-c3cc(-c4ccccc4)c4ccccc4n3)s2)S1. The lowest BCUT2D eigenvalue weighted by Gasteiger charge is -2.10. The summed E-state index contributed by atoms with van der Waals surface area (Å²) >= 11 is 2.83. The van der Waals surface area contributed by atoms with Crippen LogP contribution < -0.4 is 5.32 Å². The van der Waals surface area contributed by atoms with Crippen molar-refractivity contribution in [2.75, 3.05) is 0 Å². The van der Waals surface area contributed by atoms with Crippen LogP contribution in [0.25, 0.3) is 32.6 Å². The van der Waals surface area contributed by atoms with E-state index in [4.69, 9.17) is 4.98 Å². The van der Waals surface area contributed by atoms with Crippen LogP contribution in [0.15, 0.2) is 72.8 Å². The molecule has 2 atom stereocenters. The minimum atomic E-state index is -0.790. The summed E-state index contributed by atoms with van der Waals surface area (Å²) in [5, 5.41) is 13.3. The number of thiophene rings is 1. The van der Waals surface area contributed by atoms with Gasteiger partial charge in [0.25, 0.3) is 5.24 Å². The van der Waals surface area contributed by atoms with Gasteiger partial charge in [0.2, 0.25) is 0 Å². The van der Waals surface area contributed by atoms with Crippen LogP contribution in [0.2, 0.25) is 0 Å². The Morgan fingerprint density at radius 3 is 2.59 bits per heavy atom. The molecule has 4 aromatic rings. The largest absolute Gasteiger partial charge is 0.372 e. The summed E-state index contributed by atoms with van der Waals surface area (Å²) in [6.07, 6.45) is -0.143. The molecule has 1 fully saturated rings. The van der Waals surface area contributed by atoms with Gasteiger partial charge in [0.05, 0.1) is 21.3 Å². The van der Waals surface area contributed by atoms with Gasteiger partial charge in [-0.2, -0.15) is 0 Å². The number of rotatable bonds is 4. The second-order valence-corrected chi connectivity index (χ2v) is 9.32. The molecule has 4 nitrogen and oxygen atoms in total. The summed E-state index contributed by atoms with van der Waals surface area (Å²) < 4.78 is 0. The van der Waals surface area contributed by atoms with E-state index in [9.17, 15) is 9.90 Å². The van der Waals surface area contributed by atoms with Gasteiger partial charge >= 0.3 is 0 Å². The fourth-order valence-corrected chi connectivity index (χ4v) is 5.64. The molecule has 144 valence electrons. The number of hydrogen-bond donors (Lipinski definition) is 2. The molecular weight excluding hydrogens is 400 g/mol. The van der Waals surface area contributed by atoms with Crippen molar-refractivity contribution in [2.24, 2.45) is 0 Å². The molecule has 3 heterocycles. The van der Waals surface area contributed by atoms with Gasteiger partial charge in [-0.15, -0.1) is 11.3 Å². The molecule has 1 amide bonds. The van der Waals surface area contributed by atoms with Crippen LogP contribution in [-0.4, -0.2) is 26.8 Å². The number of pyridine rings is 1. The van der Waals surface area contributed by atoms with Crippen molar-refractivity contribution in [3.05, 3.63) is 77.7 Å². The van der Waals surface area contributed by atoms with Crippen LogP contribution in [0.5, 0.6) is 0 Å². The highest BCUT2D eigenvalue weighted by molar-refractivity contribution is 8.14. The monoisotopic (exact) mass is 418 g/mol. The Bertz CT molecular complexity index is 1190. The quantitative estimate of drug-likeness (QED) is 0.471. The highest BCUT2D eigenvalue weighted by Gasteiger charge is 2.32. The average Bonchev–Trinajstić information content (AvgIpc) is 3.34. The van der Waals surface area contributed by atoms with Crippen molar-refractivity contribution >= 4 is 39.2 Å². The smallest absolute Gasteiger partial charge is 0.281 e. The number of nitrogens with one attached hydrogen (secondary N) is 1. The minimum absolute atomic E-state index is 0.154. The van der Waals surface area contributed by atoms with Gasteiger partial charge < -0.3 is 10.4 Å². The number of fused-ring (bicyclic) bond motifs is 1. The van der Waals surface area contributed by atoms with Crippen molar-refractivity contribution in [3.63, 3.8) is 0 Å². The van der Waals surface area contributed by atoms with E-state index >= 15 is 0 Å². The molecule has 2 aromatic carbocycles. The number of para-hydroxylation sites is 1. The van der Waals surface area contributed by atoms with E-state index in [1.165, 1.54) is 17.3 Å². The molecule has 2 N–H and O–H groups in total. The van der Waals surface area contributed by atoms with Crippen molar-refractivity contribution in [2.45, 2.75) is 17.9 Å². The Kier molecular flexibility index (Phi) is 4.83. The number of carbonyl (C=O) groups is 1. The maximum absolute atomic E-state index is 11.5. The Labute approximate surface area is 176 Å². The fourth-order valence-electron chi connectivity index (χ4n) is 3.58. The second-order valence-electron chi connectivity index (χ2n) is 6.94. The Balaban J connectivity index is 1.53. The van der Waals surface area contributed by atoms with Crippen LogP contribution in [0, 0.1) is 0 Å². The summed E-state index contributed by atoms with van der Waals surface area (Å²) in [6, 6.07) is 24.9. The molecule has 1 aliphatic heterocycles. The topological polar surface area (TPSA) is 62.2 Å². The third-order valence-electron chi connectivity index (χ3n) is 4.99. The number of thioether (sulfide) groups is 1. The first-order valence-electron chi connectivity index (χ1n) is 9.37. The summed E-state index contributed by atoms with van der Waals surface area (Å²) in [7, 11) is 0. The fraction of sp³-hybridized carbons (Fsp3) is 0.130. The van der Waals surface area contributed by atoms with Gasteiger partial charge in [0.1, 0.15) is 6.23 Å². The van der Waals surface area contributed by atoms with Crippen LogP contribution in [-0.2, 0) is 6.42 Å². The third kappa shape index (κ3) is 3.67. The number of nitrogens with zero attached hydrogens (tertiary/aromatic N) is 1. The molecule has 6 heteroatoms. The number of hydrogen-bond acceptors (Lipinski definition) is 5. The van der Waals surface area contributed by atoms with Gasteiger partial charge in [0, 0.05) is 10.3 Å². The van der Waals surface area contributed by atoms with E-state index in [1.54, 1.807) is 11.3 Å². The summed E-state index contributed by atoms with van der Waals surface area (Å²) in [4.78, 5) is 18.6. The molecule has 0 aliphatic carbocycles. The lowest BCUT2D eigenvalue weighted by molar-refractivity contribution is 0.152. The summed E-state index contributed by atoms with van der Waals surface area (Å²) in [6.45, 7) is 0. The number of amides is 1. The second kappa shape index (κ2) is 7.63. The Hall–Kier alpha value is -2.67. The first kappa shape index (κ1) is 18.4. The zero-order valence-electron chi connectivity index (χ0n) is 15.4.